The molecule has 0 bridgehead atoms. The number of benzene rings is 1. The number of carbonyl (C=O) groups is 1. The van der Waals surface area contributed by atoms with E-state index in [1.54, 1.807) is 0 Å². The van der Waals surface area contributed by atoms with Crippen molar-refractivity contribution in [3.8, 4) is 0 Å². The summed E-state index contributed by atoms with van der Waals surface area (Å²) in [5, 5.41) is 8.76. The van der Waals surface area contributed by atoms with Crippen LogP contribution in [0.5, 0.6) is 0 Å². The standard InChI is InChI=1S/C10H13FN2O2/c11-7-2-1-6(3-8(12)5-14)9(4-7)10(13)15/h1-2,4,8,14H,3,5,12H2,(H2,13,15)/t8-/m0/s1. The summed E-state index contributed by atoms with van der Waals surface area (Å²) in [5.41, 5.74) is 11.3. The molecule has 0 saturated heterocycles. The second-order valence-electron chi connectivity index (χ2n) is 3.31. The number of rotatable bonds is 4. The Kier molecular flexibility index (Phi) is 3.76. The first-order valence-electron chi connectivity index (χ1n) is 4.49. The van der Waals surface area contributed by atoms with Gasteiger partial charge in [-0.15, -0.1) is 0 Å². The lowest BCUT2D eigenvalue weighted by Gasteiger charge is -2.10. The van der Waals surface area contributed by atoms with Gasteiger partial charge in [0.05, 0.1) is 6.61 Å². The van der Waals surface area contributed by atoms with E-state index in [0.29, 0.717) is 5.56 Å². The fourth-order valence-corrected chi connectivity index (χ4v) is 1.30. The Morgan fingerprint density at radius 1 is 1.53 bits per heavy atom. The average Bonchev–Trinajstić information content (AvgIpc) is 2.20. The zero-order valence-corrected chi connectivity index (χ0v) is 8.11. The number of aliphatic hydroxyl groups excluding tert-OH is 1. The van der Waals surface area contributed by atoms with E-state index in [1.165, 1.54) is 12.1 Å². The van der Waals surface area contributed by atoms with Gasteiger partial charge in [-0.1, -0.05) is 6.07 Å². The lowest BCUT2D eigenvalue weighted by Crippen LogP contribution is -2.28. The fraction of sp³-hybridized carbons (Fsp3) is 0.300. The van der Waals surface area contributed by atoms with Crippen molar-refractivity contribution in [1.82, 2.24) is 0 Å². The van der Waals surface area contributed by atoms with E-state index in [4.69, 9.17) is 16.6 Å². The molecule has 1 aromatic rings. The van der Waals surface area contributed by atoms with Crippen LogP contribution in [0.15, 0.2) is 18.2 Å². The molecule has 5 N–H and O–H groups in total. The van der Waals surface area contributed by atoms with Crippen LogP contribution < -0.4 is 11.5 Å². The van der Waals surface area contributed by atoms with E-state index in [0.717, 1.165) is 6.07 Å². The molecule has 5 heteroatoms. The molecular weight excluding hydrogens is 199 g/mol. The highest BCUT2D eigenvalue weighted by atomic mass is 19.1. The molecule has 4 nitrogen and oxygen atoms in total. The Labute approximate surface area is 86.7 Å². The molecule has 0 aliphatic heterocycles. The second kappa shape index (κ2) is 4.86. The molecular formula is C10H13FN2O2. The van der Waals surface area contributed by atoms with Crippen LogP contribution in [0.1, 0.15) is 15.9 Å². The summed E-state index contributed by atoms with van der Waals surface area (Å²) >= 11 is 0. The maximum atomic E-state index is 12.8. The smallest absolute Gasteiger partial charge is 0.249 e. The molecule has 0 saturated carbocycles. The molecule has 0 aliphatic rings. The van der Waals surface area contributed by atoms with Crippen molar-refractivity contribution in [3.05, 3.63) is 35.1 Å². The topological polar surface area (TPSA) is 89.3 Å². The largest absolute Gasteiger partial charge is 0.395 e. The van der Waals surface area contributed by atoms with Crippen molar-refractivity contribution in [2.75, 3.05) is 6.61 Å². The van der Waals surface area contributed by atoms with Crippen LogP contribution in [0.25, 0.3) is 0 Å². The predicted octanol–water partition coefficient (Wildman–Crippen LogP) is -0.213. The van der Waals surface area contributed by atoms with Gasteiger partial charge in [0.2, 0.25) is 5.91 Å². The number of hydrogen-bond acceptors (Lipinski definition) is 3. The van der Waals surface area contributed by atoms with Gasteiger partial charge in [-0.25, -0.2) is 4.39 Å². The number of primary amides is 1. The molecule has 15 heavy (non-hydrogen) atoms. The zero-order chi connectivity index (χ0) is 11.4. The van der Waals surface area contributed by atoms with Crippen molar-refractivity contribution in [2.45, 2.75) is 12.5 Å². The highest BCUT2D eigenvalue weighted by molar-refractivity contribution is 5.94. The average molecular weight is 212 g/mol. The Hall–Kier alpha value is -1.46. The van der Waals surface area contributed by atoms with Crippen LogP contribution >= 0.6 is 0 Å². The molecule has 1 atom stereocenters. The quantitative estimate of drug-likeness (QED) is 0.645. The molecule has 0 aromatic heterocycles. The summed E-state index contributed by atoms with van der Waals surface area (Å²) in [6.07, 6.45) is 0.287. The van der Waals surface area contributed by atoms with E-state index in [-0.39, 0.29) is 18.6 Å². The molecule has 1 amide bonds. The number of carbonyl (C=O) groups excluding carboxylic acids is 1. The SMILES string of the molecule is NC(=O)c1cc(F)ccc1C[C@H](N)CO. The third-order valence-corrected chi connectivity index (χ3v) is 2.05. The van der Waals surface area contributed by atoms with Gasteiger partial charge >= 0.3 is 0 Å². The Morgan fingerprint density at radius 3 is 2.73 bits per heavy atom. The second-order valence-corrected chi connectivity index (χ2v) is 3.31. The lowest BCUT2D eigenvalue weighted by molar-refractivity contribution is 0.0998. The van der Waals surface area contributed by atoms with Crippen molar-refractivity contribution in [1.29, 1.82) is 0 Å². The molecule has 1 aromatic carbocycles. The van der Waals surface area contributed by atoms with Crippen LogP contribution in [-0.2, 0) is 6.42 Å². The minimum absolute atomic E-state index is 0.110. The van der Waals surface area contributed by atoms with Crippen LogP contribution in [0.2, 0.25) is 0 Å². The van der Waals surface area contributed by atoms with Crippen LogP contribution in [-0.4, -0.2) is 23.7 Å². The molecule has 0 aliphatic carbocycles. The van der Waals surface area contributed by atoms with Crippen molar-refractivity contribution in [3.63, 3.8) is 0 Å². The minimum atomic E-state index is -0.699. The highest BCUT2D eigenvalue weighted by Crippen LogP contribution is 2.12. The van der Waals surface area contributed by atoms with Crippen molar-refractivity contribution >= 4 is 5.91 Å². The molecule has 0 radical (unpaired) electrons. The van der Waals surface area contributed by atoms with Gasteiger partial charge in [-0.05, 0) is 24.1 Å². The number of amides is 1. The predicted molar refractivity (Wildman–Crippen MR) is 53.7 cm³/mol. The van der Waals surface area contributed by atoms with Crippen LogP contribution in [0.4, 0.5) is 4.39 Å². The van der Waals surface area contributed by atoms with Crippen molar-refractivity contribution < 1.29 is 14.3 Å². The maximum absolute atomic E-state index is 12.8. The van der Waals surface area contributed by atoms with Gasteiger partial charge in [0.1, 0.15) is 5.82 Å². The number of aliphatic hydroxyl groups is 1. The van der Waals surface area contributed by atoms with E-state index in [9.17, 15) is 9.18 Å². The first kappa shape index (κ1) is 11.6. The summed E-state index contributed by atoms with van der Waals surface area (Å²) in [6.45, 7) is -0.199. The summed E-state index contributed by atoms with van der Waals surface area (Å²) < 4.78 is 12.8. The van der Waals surface area contributed by atoms with Gasteiger partial charge in [-0.2, -0.15) is 0 Å². The molecule has 0 heterocycles. The fourth-order valence-electron chi connectivity index (χ4n) is 1.30. The zero-order valence-electron chi connectivity index (χ0n) is 8.11. The first-order valence-corrected chi connectivity index (χ1v) is 4.49. The Balaban J connectivity index is 3.01. The maximum Gasteiger partial charge on any atom is 0.249 e. The molecule has 1 rings (SSSR count). The number of halogens is 1. The highest BCUT2D eigenvalue weighted by Gasteiger charge is 2.12. The lowest BCUT2D eigenvalue weighted by atomic mass is 10.0. The van der Waals surface area contributed by atoms with Crippen LogP contribution in [0.3, 0.4) is 0 Å². The van der Waals surface area contributed by atoms with Gasteiger partial charge in [-0.3, -0.25) is 4.79 Å². The van der Waals surface area contributed by atoms with E-state index in [2.05, 4.69) is 0 Å². The minimum Gasteiger partial charge on any atom is -0.395 e. The normalized spacial score (nSPS) is 12.5. The van der Waals surface area contributed by atoms with E-state index >= 15 is 0 Å². The van der Waals surface area contributed by atoms with E-state index in [1.807, 2.05) is 0 Å². The van der Waals surface area contributed by atoms with Gasteiger partial charge in [0.25, 0.3) is 0 Å². The van der Waals surface area contributed by atoms with Crippen LogP contribution in [0, 0.1) is 5.82 Å². The summed E-state index contributed by atoms with van der Waals surface area (Å²) in [7, 11) is 0. The Morgan fingerprint density at radius 2 is 2.20 bits per heavy atom. The first-order chi connectivity index (χ1) is 7.04. The molecule has 0 spiro atoms. The van der Waals surface area contributed by atoms with Crippen molar-refractivity contribution in [2.24, 2.45) is 11.5 Å². The van der Waals surface area contributed by atoms with Gasteiger partial charge in [0, 0.05) is 11.6 Å². The number of nitrogens with two attached hydrogens (primary N) is 2. The molecule has 82 valence electrons. The van der Waals surface area contributed by atoms with Gasteiger partial charge in [0.15, 0.2) is 0 Å². The molecule has 0 fully saturated rings. The summed E-state index contributed by atoms with van der Waals surface area (Å²) in [6, 6.07) is 3.27. The third kappa shape index (κ3) is 3.00. The summed E-state index contributed by atoms with van der Waals surface area (Å²) in [4.78, 5) is 11.0. The molecule has 0 unspecified atom stereocenters. The van der Waals surface area contributed by atoms with E-state index < -0.39 is 17.8 Å². The monoisotopic (exact) mass is 212 g/mol. The van der Waals surface area contributed by atoms with Gasteiger partial charge < -0.3 is 16.6 Å². The Bertz CT molecular complexity index is 368. The summed E-state index contributed by atoms with van der Waals surface area (Å²) in [5.74, 6) is -1.22. The third-order valence-electron chi connectivity index (χ3n) is 2.05. The number of hydrogen-bond donors (Lipinski definition) is 3.